The third kappa shape index (κ3) is 12.8. The molecule has 0 aliphatic heterocycles. The van der Waals surface area contributed by atoms with Crippen LogP contribution in [0, 0.1) is 13.8 Å². The summed E-state index contributed by atoms with van der Waals surface area (Å²) in [5, 5.41) is 31.2. The van der Waals surface area contributed by atoms with Crippen LogP contribution < -0.4 is 15.8 Å². The fraction of sp³-hybridized carbons (Fsp3) is 0.303. The van der Waals surface area contributed by atoms with Gasteiger partial charge in [0.1, 0.15) is 18.5 Å². The van der Waals surface area contributed by atoms with Crippen LogP contribution in [0.4, 0.5) is 0 Å². The summed E-state index contributed by atoms with van der Waals surface area (Å²) in [5.74, 6) is -5.31. The fourth-order valence-electron chi connectivity index (χ4n) is 3.70. The van der Waals surface area contributed by atoms with Crippen molar-refractivity contribution in [1.82, 2.24) is 5.32 Å². The molecule has 0 unspecified atom stereocenters. The van der Waals surface area contributed by atoms with Gasteiger partial charge < -0.3 is 40.6 Å². The van der Waals surface area contributed by atoms with Gasteiger partial charge >= 0.3 is 23.9 Å². The molecule has 0 saturated carbocycles. The molecule has 0 aliphatic carbocycles. The summed E-state index contributed by atoms with van der Waals surface area (Å²) in [7, 11) is 0. The number of esters is 2. The first-order valence-electron chi connectivity index (χ1n) is 14.2. The number of aryl methyl sites for hydroxylation is 2. The molecular formula is C33H38N2O11. The summed E-state index contributed by atoms with van der Waals surface area (Å²) in [6, 6.07) is 19.2. The van der Waals surface area contributed by atoms with Gasteiger partial charge in [0.05, 0.1) is 17.5 Å². The summed E-state index contributed by atoms with van der Waals surface area (Å²) in [6.45, 7) is 7.13. The molecule has 6 N–H and O–H groups in total. The van der Waals surface area contributed by atoms with E-state index in [9.17, 15) is 39.3 Å². The molecule has 0 aromatic heterocycles. The zero-order valence-corrected chi connectivity index (χ0v) is 25.7. The Morgan fingerprint density at radius 3 is 1.54 bits per heavy atom. The molecule has 246 valence electrons. The molecule has 3 rings (SSSR count). The number of aliphatic hydroxyl groups excluding tert-OH is 1. The van der Waals surface area contributed by atoms with Crippen LogP contribution >= 0.6 is 0 Å². The fourth-order valence-corrected chi connectivity index (χ4v) is 3.70. The molecule has 1 amide bonds. The number of aliphatic hydroxyl groups is 1. The number of nitrogens with two attached hydrogens (primary N) is 1. The van der Waals surface area contributed by atoms with Gasteiger partial charge in [-0.25, -0.2) is 19.2 Å². The van der Waals surface area contributed by atoms with Crippen LogP contribution in [0.2, 0.25) is 0 Å². The number of aliphatic carboxylic acids is 2. The number of carbonyl (C=O) groups excluding carboxylic acids is 3. The van der Waals surface area contributed by atoms with Crippen LogP contribution in [0.5, 0.6) is 5.75 Å². The third-order valence-corrected chi connectivity index (χ3v) is 6.18. The first kappa shape index (κ1) is 36.9. The second-order valence-electron chi connectivity index (χ2n) is 10.1. The van der Waals surface area contributed by atoms with E-state index >= 15 is 0 Å². The molecular weight excluding hydrogens is 600 g/mol. The van der Waals surface area contributed by atoms with E-state index in [0.717, 1.165) is 23.2 Å². The number of carbonyl (C=O) groups is 5. The number of carboxylic acid groups (broad SMARTS) is 2. The molecule has 13 nitrogen and oxygen atoms in total. The van der Waals surface area contributed by atoms with Gasteiger partial charge in [-0.1, -0.05) is 54.4 Å². The lowest BCUT2D eigenvalue weighted by molar-refractivity contribution is -0.166. The number of likely N-dealkylation sites (N-methyl/N-ethyl adjacent to an activating group) is 1. The Bertz CT molecular complexity index is 1380. The smallest absolute Gasteiger partial charge is 0.349 e. The molecule has 0 fully saturated rings. The predicted octanol–water partition coefficient (Wildman–Crippen LogP) is 2.29. The molecule has 0 radical (unpaired) electrons. The first-order valence-corrected chi connectivity index (χ1v) is 14.2. The second kappa shape index (κ2) is 18.5. The van der Waals surface area contributed by atoms with Gasteiger partial charge in [-0.05, 0) is 62.4 Å². The topological polar surface area (TPSA) is 212 Å². The normalized spacial score (nSPS) is 12.3. The van der Waals surface area contributed by atoms with Crippen LogP contribution in [0.1, 0.15) is 44.3 Å². The number of ether oxygens (including phenoxy) is 3. The number of amides is 1. The number of rotatable bonds is 15. The molecule has 3 aromatic carbocycles. The molecule has 13 heteroatoms. The Kier molecular flexibility index (Phi) is 14.9. The second-order valence-corrected chi connectivity index (χ2v) is 10.1. The van der Waals surface area contributed by atoms with Crippen LogP contribution in [-0.2, 0) is 30.3 Å². The molecule has 46 heavy (non-hydrogen) atoms. The highest BCUT2D eigenvalue weighted by Crippen LogP contribution is 2.15. The Labute approximate surface area is 265 Å². The summed E-state index contributed by atoms with van der Waals surface area (Å²) in [6.07, 6.45) is -4.75. The van der Waals surface area contributed by atoms with Crippen LogP contribution in [0.25, 0.3) is 0 Å². The summed E-state index contributed by atoms with van der Waals surface area (Å²) in [5.41, 5.74) is 7.74. The maximum atomic E-state index is 12.2. The number of primary amides is 1. The number of hydrogen-bond donors (Lipinski definition) is 5. The molecule has 0 saturated heterocycles. The van der Waals surface area contributed by atoms with Crippen molar-refractivity contribution in [3.63, 3.8) is 0 Å². The van der Waals surface area contributed by atoms with E-state index in [1.807, 2.05) is 6.92 Å². The van der Waals surface area contributed by atoms with E-state index < -0.39 is 42.2 Å². The average molecular weight is 639 g/mol. The molecule has 0 aliphatic rings. The van der Waals surface area contributed by atoms with Crippen molar-refractivity contribution < 1.29 is 53.5 Å². The summed E-state index contributed by atoms with van der Waals surface area (Å²) < 4.78 is 15.1. The SMILES string of the molecule is CCNC[C@H](O)COc1ccc(CC(N)=O)cc1.Cc1ccc(C(=O)O[C@H](C(=O)O)[C@@H](OC(=O)c2ccc(C)cc2)C(=O)O)cc1. The minimum Gasteiger partial charge on any atom is -0.491 e. The highest BCUT2D eigenvalue weighted by Gasteiger charge is 2.41. The zero-order valence-electron chi connectivity index (χ0n) is 25.7. The van der Waals surface area contributed by atoms with Gasteiger partial charge in [-0.2, -0.15) is 0 Å². The van der Waals surface area contributed by atoms with Crippen molar-refractivity contribution in [2.75, 3.05) is 19.7 Å². The van der Waals surface area contributed by atoms with E-state index in [2.05, 4.69) is 5.32 Å². The van der Waals surface area contributed by atoms with Gasteiger partial charge in [0, 0.05) is 6.54 Å². The van der Waals surface area contributed by atoms with E-state index in [1.165, 1.54) is 24.3 Å². The van der Waals surface area contributed by atoms with Crippen molar-refractivity contribution in [3.05, 3.63) is 101 Å². The molecule has 0 spiro atoms. The predicted molar refractivity (Wildman–Crippen MR) is 165 cm³/mol. The van der Waals surface area contributed by atoms with Gasteiger partial charge in [0.25, 0.3) is 0 Å². The molecule has 0 heterocycles. The van der Waals surface area contributed by atoms with E-state index in [0.29, 0.717) is 12.3 Å². The van der Waals surface area contributed by atoms with Crippen molar-refractivity contribution in [3.8, 4) is 5.75 Å². The minimum absolute atomic E-state index is 0.0332. The number of carboxylic acids is 2. The standard InChI is InChI=1S/C20H18O8.C13H20N2O3/c1-11-3-7-13(8-4-11)19(25)27-15(17(21)22)16(18(23)24)28-20(26)14-9-5-12(2)6-10-14;1-2-15-8-11(16)9-18-12-5-3-10(4-6-12)7-13(14)17/h3-10,15-16H,1-2H3,(H,21,22)(H,23,24);3-6,11,15-16H,2,7-9H2,1H3,(H2,14,17)/t15-,16+;11-/m.0/s1. The quantitative estimate of drug-likeness (QED) is 0.152. The lowest BCUT2D eigenvalue weighted by Gasteiger charge is -2.21. The van der Waals surface area contributed by atoms with Gasteiger partial charge in [-0.15, -0.1) is 0 Å². The molecule has 3 atom stereocenters. The van der Waals surface area contributed by atoms with Crippen LogP contribution in [0.3, 0.4) is 0 Å². The van der Waals surface area contributed by atoms with E-state index in [-0.39, 0.29) is 30.1 Å². The summed E-state index contributed by atoms with van der Waals surface area (Å²) in [4.78, 5) is 58.1. The third-order valence-electron chi connectivity index (χ3n) is 6.18. The number of nitrogens with one attached hydrogen (secondary N) is 1. The Morgan fingerprint density at radius 2 is 1.17 bits per heavy atom. The van der Waals surface area contributed by atoms with Gasteiger partial charge in [-0.3, -0.25) is 4.79 Å². The summed E-state index contributed by atoms with van der Waals surface area (Å²) >= 11 is 0. The van der Waals surface area contributed by atoms with Crippen molar-refractivity contribution in [1.29, 1.82) is 0 Å². The van der Waals surface area contributed by atoms with Crippen LogP contribution in [-0.4, -0.2) is 83.1 Å². The van der Waals surface area contributed by atoms with Crippen molar-refractivity contribution in [2.24, 2.45) is 5.73 Å². The van der Waals surface area contributed by atoms with Crippen molar-refractivity contribution >= 4 is 29.8 Å². The zero-order chi connectivity index (χ0) is 34.2. The van der Waals surface area contributed by atoms with Crippen LogP contribution in [0.15, 0.2) is 72.8 Å². The van der Waals surface area contributed by atoms with Gasteiger partial charge in [0.15, 0.2) is 0 Å². The first-order chi connectivity index (χ1) is 21.8. The minimum atomic E-state index is -2.22. The average Bonchev–Trinajstić information content (AvgIpc) is 3.01. The monoisotopic (exact) mass is 638 g/mol. The van der Waals surface area contributed by atoms with Crippen molar-refractivity contribution in [2.45, 2.75) is 45.5 Å². The van der Waals surface area contributed by atoms with E-state index in [1.54, 1.807) is 62.4 Å². The maximum absolute atomic E-state index is 12.2. The van der Waals surface area contributed by atoms with E-state index in [4.69, 9.17) is 19.9 Å². The number of hydrogen-bond acceptors (Lipinski definition) is 10. The lowest BCUT2D eigenvalue weighted by atomic mass is 10.1. The Morgan fingerprint density at radius 1 is 0.739 bits per heavy atom. The Balaban J connectivity index is 0.000000353. The number of benzene rings is 3. The highest BCUT2D eigenvalue weighted by atomic mass is 16.6. The van der Waals surface area contributed by atoms with Gasteiger partial charge in [0.2, 0.25) is 18.1 Å². The largest absolute Gasteiger partial charge is 0.491 e. The molecule has 0 bridgehead atoms. The molecule has 3 aromatic rings. The highest BCUT2D eigenvalue weighted by molar-refractivity contribution is 5.95. The maximum Gasteiger partial charge on any atom is 0.349 e. The lowest BCUT2D eigenvalue weighted by Crippen LogP contribution is -2.45. The Hall–Kier alpha value is -5.27.